The number of carbonyl (C=O) groups excluding carboxylic acids is 2. The molecule has 0 saturated carbocycles. The normalized spacial score (nSPS) is 24.5. The molecule has 0 aliphatic carbocycles. The second-order valence-electron chi connectivity index (χ2n) is 7.49. The standard InChI is InChI=1S/C20H27N3O2/c24-19-10-3-7-16-6-1-2-9-18(16)23(19)15-20(25)22-13-5-12-21-11-4-8-17(21)14-22/h1-2,6,9,17H,3-5,7-8,10-15H2/t17-/m0/s1. The molecule has 25 heavy (non-hydrogen) atoms. The fourth-order valence-corrected chi connectivity index (χ4v) is 4.53. The van der Waals surface area contributed by atoms with Crippen LogP contribution >= 0.6 is 0 Å². The third-order valence-corrected chi connectivity index (χ3v) is 5.87. The number of para-hydroxylation sites is 1. The summed E-state index contributed by atoms with van der Waals surface area (Å²) in [4.78, 5) is 31.8. The number of fused-ring (bicyclic) bond motifs is 2. The van der Waals surface area contributed by atoms with Crippen LogP contribution in [-0.2, 0) is 16.0 Å². The summed E-state index contributed by atoms with van der Waals surface area (Å²) in [5, 5.41) is 0. The number of hydrogen-bond acceptors (Lipinski definition) is 3. The van der Waals surface area contributed by atoms with Crippen molar-refractivity contribution in [3.63, 3.8) is 0 Å². The fraction of sp³-hybridized carbons (Fsp3) is 0.600. The highest BCUT2D eigenvalue weighted by Crippen LogP contribution is 2.27. The van der Waals surface area contributed by atoms with Crippen LogP contribution < -0.4 is 4.90 Å². The van der Waals surface area contributed by atoms with E-state index >= 15 is 0 Å². The topological polar surface area (TPSA) is 43.9 Å². The van der Waals surface area contributed by atoms with Gasteiger partial charge >= 0.3 is 0 Å². The molecule has 3 heterocycles. The van der Waals surface area contributed by atoms with Crippen LogP contribution in [0.25, 0.3) is 0 Å². The summed E-state index contributed by atoms with van der Waals surface area (Å²) in [6, 6.07) is 8.54. The SMILES string of the molecule is O=C(CN1C(=O)CCCc2ccccc21)N1CCCN2CCC[C@H]2C1. The Balaban J connectivity index is 1.50. The van der Waals surface area contributed by atoms with Gasteiger partial charge in [-0.3, -0.25) is 14.5 Å². The van der Waals surface area contributed by atoms with E-state index in [1.807, 2.05) is 23.1 Å². The molecule has 134 valence electrons. The maximum atomic E-state index is 13.0. The lowest BCUT2D eigenvalue weighted by atomic mass is 10.1. The maximum Gasteiger partial charge on any atom is 0.242 e. The molecule has 0 N–H and O–H groups in total. The van der Waals surface area contributed by atoms with Crippen LogP contribution in [-0.4, -0.2) is 60.4 Å². The Bertz CT molecular complexity index is 660. The highest BCUT2D eigenvalue weighted by molar-refractivity contribution is 5.99. The van der Waals surface area contributed by atoms with Crippen molar-refractivity contribution in [1.82, 2.24) is 9.80 Å². The average Bonchev–Trinajstić information content (AvgIpc) is 2.87. The number of amides is 2. The molecule has 3 aliphatic rings. The molecule has 0 spiro atoms. The first kappa shape index (κ1) is 16.6. The zero-order chi connectivity index (χ0) is 17.2. The summed E-state index contributed by atoms with van der Waals surface area (Å²) in [5.41, 5.74) is 2.11. The van der Waals surface area contributed by atoms with Gasteiger partial charge < -0.3 is 9.80 Å². The van der Waals surface area contributed by atoms with Crippen LogP contribution in [0.2, 0.25) is 0 Å². The van der Waals surface area contributed by atoms with Crippen LogP contribution in [0.4, 0.5) is 5.69 Å². The average molecular weight is 341 g/mol. The zero-order valence-electron chi connectivity index (χ0n) is 14.8. The first-order valence-electron chi connectivity index (χ1n) is 9.62. The molecule has 2 saturated heterocycles. The van der Waals surface area contributed by atoms with E-state index in [1.54, 1.807) is 4.90 Å². The van der Waals surface area contributed by atoms with Gasteiger partial charge in [-0.05, 0) is 50.3 Å². The minimum absolute atomic E-state index is 0.0793. The Morgan fingerprint density at radius 3 is 2.80 bits per heavy atom. The molecular formula is C20H27N3O2. The summed E-state index contributed by atoms with van der Waals surface area (Å²) in [5.74, 6) is 0.175. The molecule has 5 heteroatoms. The summed E-state index contributed by atoms with van der Waals surface area (Å²) in [6.45, 7) is 4.09. The van der Waals surface area contributed by atoms with Gasteiger partial charge in [-0.1, -0.05) is 18.2 Å². The summed E-state index contributed by atoms with van der Waals surface area (Å²) in [6.07, 6.45) is 5.76. The highest BCUT2D eigenvalue weighted by Gasteiger charge is 2.32. The van der Waals surface area contributed by atoms with Crippen molar-refractivity contribution in [3.05, 3.63) is 29.8 Å². The monoisotopic (exact) mass is 341 g/mol. The van der Waals surface area contributed by atoms with Crippen molar-refractivity contribution >= 4 is 17.5 Å². The van der Waals surface area contributed by atoms with Crippen LogP contribution in [0.1, 0.15) is 37.7 Å². The number of nitrogens with zero attached hydrogens (tertiary/aromatic N) is 3. The van der Waals surface area contributed by atoms with E-state index < -0.39 is 0 Å². The number of benzene rings is 1. The molecule has 3 aliphatic heterocycles. The number of hydrogen-bond donors (Lipinski definition) is 0. The predicted molar refractivity (Wildman–Crippen MR) is 97.5 cm³/mol. The van der Waals surface area contributed by atoms with Crippen molar-refractivity contribution < 1.29 is 9.59 Å². The lowest BCUT2D eigenvalue weighted by Gasteiger charge is -2.29. The number of aryl methyl sites for hydroxylation is 1. The Labute approximate surface area is 149 Å². The van der Waals surface area contributed by atoms with Gasteiger partial charge in [0.2, 0.25) is 11.8 Å². The number of carbonyl (C=O) groups is 2. The lowest BCUT2D eigenvalue weighted by molar-refractivity contribution is -0.131. The van der Waals surface area contributed by atoms with E-state index in [9.17, 15) is 9.59 Å². The lowest BCUT2D eigenvalue weighted by Crippen LogP contribution is -2.46. The third kappa shape index (κ3) is 3.43. The first-order valence-corrected chi connectivity index (χ1v) is 9.62. The maximum absolute atomic E-state index is 13.0. The van der Waals surface area contributed by atoms with E-state index in [0.29, 0.717) is 12.5 Å². The summed E-state index contributed by atoms with van der Waals surface area (Å²) in [7, 11) is 0. The third-order valence-electron chi connectivity index (χ3n) is 5.87. The van der Waals surface area contributed by atoms with Gasteiger partial charge in [0.1, 0.15) is 6.54 Å². The van der Waals surface area contributed by atoms with Gasteiger partial charge in [-0.15, -0.1) is 0 Å². The zero-order valence-corrected chi connectivity index (χ0v) is 14.8. The van der Waals surface area contributed by atoms with Crippen molar-refractivity contribution in [1.29, 1.82) is 0 Å². The molecule has 0 unspecified atom stereocenters. The minimum atomic E-state index is 0.0793. The molecular weight excluding hydrogens is 314 g/mol. The van der Waals surface area contributed by atoms with Gasteiger partial charge in [0.15, 0.2) is 0 Å². The van der Waals surface area contributed by atoms with Gasteiger partial charge in [-0.25, -0.2) is 0 Å². The van der Waals surface area contributed by atoms with Gasteiger partial charge in [0.05, 0.1) is 0 Å². The van der Waals surface area contributed by atoms with Crippen LogP contribution in [0, 0.1) is 0 Å². The van der Waals surface area contributed by atoms with Crippen molar-refractivity contribution in [2.75, 3.05) is 37.6 Å². The molecule has 5 nitrogen and oxygen atoms in total. The molecule has 2 fully saturated rings. The second-order valence-corrected chi connectivity index (χ2v) is 7.49. The number of anilines is 1. The van der Waals surface area contributed by atoms with Gasteiger partial charge in [-0.2, -0.15) is 0 Å². The molecule has 4 rings (SSSR count). The van der Waals surface area contributed by atoms with E-state index in [-0.39, 0.29) is 18.4 Å². The highest BCUT2D eigenvalue weighted by atomic mass is 16.2. The van der Waals surface area contributed by atoms with Crippen molar-refractivity contribution in [2.45, 2.75) is 44.6 Å². The van der Waals surface area contributed by atoms with Crippen LogP contribution in [0.3, 0.4) is 0 Å². The predicted octanol–water partition coefficient (Wildman–Crippen LogP) is 2.05. The van der Waals surface area contributed by atoms with Gasteiger partial charge in [0.25, 0.3) is 0 Å². The van der Waals surface area contributed by atoms with E-state index in [4.69, 9.17) is 0 Å². The van der Waals surface area contributed by atoms with E-state index in [0.717, 1.165) is 44.6 Å². The summed E-state index contributed by atoms with van der Waals surface area (Å²) >= 11 is 0. The molecule has 0 radical (unpaired) electrons. The molecule has 1 aromatic rings. The fourth-order valence-electron chi connectivity index (χ4n) is 4.53. The molecule has 2 amide bonds. The van der Waals surface area contributed by atoms with Crippen LogP contribution in [0.15, 0.2) is 24.3 Å². The smallest absolute Gasteiger partial charge is 0.242 e. The Kier molecular flexibility index (Phi) is 4.75. The summed E-state index contributed by atoms with van der Waals surface area (Å²) < 4.78 is 0. The van der Waals surface area contributed by atoms with Crippen molar-refractivity contribution in [2.24, 2.45) is 0 Å². The molecule has 0 aromatic heterocycles. The Morgan fingerprint density at radius 2 is 1.88 bits per heavy atom. The Morgan fingerprint density at radius 1 is 1.04 bits per heavy atom. The van der Waals surface area contributed by atoms with E-state index in [1.165, 1.54) is 24.9 Å². The van der Waals surface area contributed by atoms with Crippen molar-refractivity contribution in [3.8, 4) is 0 Å². The Hall–Kier alpha value is -1.88. The van der Waals surface area contributed by atoms with E-state index in [2.05, 4.69) is 11.0 Å². The second kappa shape index (κ2) is 7.16. The molecule has 1 atom stereocenters. The van der Waals surface area contributed by atoms with Gasteiger partial charge in [0, 0.05) is 37.8 Å². The molecule has 0 bridgehead atoms. The van der Waals surface area contributed by atoms with Crippen LogP contribution in [0.5, 0.6) is 0 Å². The minimum Gasteiger partial charge on any atom is -0.340 e. The largest absolute Gasteiger partial charge is 0.340 e. The molecule has 1 aromatic carbocycles. The first-order chi connectivity index (χ1) is 12.2. The number of rotatable bonds is 2. The quantitative estimate of drug-likeness (QED) is 0.827.